The van der Waals surface area contributed by atoms with Crippen molar-refractivity contribution in [2.75, 3.05) is 13.3 Å². The first-order chi connectivity index (χ1) is 19.0. The lowest BCUT2D eigenvalue weighted by Crippen LogP contribution is -2.16. The van der Waals surface area contributed by atoms with E-state index in [0.717, 1.165) is 40.6 Å². The van der Waals surface area contributed by atoms with E-state index in [9.17, 15) is 14.9 Å². The molecule has 11 nitrogen and oxygen atoms in total. The van der Waals surface area contributed by atoms with Crippen LogP contribution in [0.4, 0.5) is 5.69 Å². The van der Waals surface area contributed by atoms with E-state index in [4.69, 9.17) is 19.4 Å². The van der Waals surface area contributed by atoms with Gasteiger partial charge in [0.25, 0.3) is 11.6 Å². The normalized spacial score (nSPS) is 12.2. The summed E-state index contributed by atoms with van der Waals surface area (Å²) in [6.07, 6.45) is 5.64. The van der Waals surface area contributed by atoms with Gasteiger partial charge in [-0.1, -0.05) is 24.3 Å². The summed E-state index contributed by atoms with van der Waals surface area (Å²) in [6, 6.07) is 16.4. The molecule has 11 heteroatoms. The Morgan fingerprint density at radius 2 is 1.90 bits per heavy atom. The first-order valence-corrected chi connectivity index (χ1v) is 12.2. The second-order valence-electron chi connectivity index (χ2n) is 8.88. The molecule has 0 bridgehead atoms. The number of nitrogens with one attached hydrogen (secondary N) is 3. The summed E-state index contributed by atoms with van der Waals surface area (Å²) in [5.74, 6) is 0.852. The lowest BCUT2D eigenvalue weighted by Gasteiger charge is -2.09. The zero-order chi connectivity index (χ0) is 27.2. The molecule has 1 aromatic heterocycles. The van der Waals surface area contributed by atoms with Crippen LogP contribution in [0.15, 0.2) is 66.9 Å². The molecule has 0 saturated heterocycles. The number of nitro benzene ring substituents is 1. The quantitative estimate of drug-likeness (QED) is 0.0740. The molecule has 0 saturated carbocycles. The van der Waals surface area contributed by atoms with E-state index in [1.165, 1.54) is 12.1 Å². The van der Waals surface area contributed by atoms with E-state index in [1.807, 2.05) is 48.7 Å². The number of carbonyl (C=O) groups excluding carboxylic acids is 1. The van der Waals surface area contributed by atoms with Gasteiger partial charge in [-0.05, 0) is 60.0 Å². The lowest BCUT2D eigenvalue weighted by molar-refractivity contribution is -0.385. The molecule has 1 amide bonds. The van der Waals surface area contributed by atoms with Crippen molar-refractivity contribution >= 4 is 28.6 Å². The third-order valence-corrected chi connectivity index (χ3v) is 6.32. The smallest absolute Gasteiger partial charge is 0.280 e. The monoisotopic (exact) mass is 530 g/mol. The Balaban J connectivity index is 1.17. The number of aromatic nitrogens is 1. The summed E-state index contributed by atoms with van der Waals surface area (Å²) in [6.45, 7) is 1.49. The van der Waals surface area contributed by atoms with Gasteiger partial charge in [-0.15, -0.1) is 0 Å². The molecule has 0 atom stereocenters. The van der Waals surface area contributed by atoms with Gasteiger partial charge in [-0.3, -0.25) is 20.1 Å². The molecule has 3 aromatic carbocycles. The van der Waals surface area contributed by atoms with E-state index >= 15 is 0 Å². The Bertz CT molecular complexity index is 1530. The number of carbonyl (C=O) groups is 1. The van der Waals surface area contributed by atoms with Gasteiger partial charge < -0.3 is 24.5 Å². The number of hydrogen-bond donors (Lipinski definition) is 4. The molecular weight excluding hydrogens is 504 g/mol. The van der Waals surface area contributed by atoms with Crippen LogP contribution < -0.4 is 25.0 Å². The number of amides is 1. The minimum absolute atomic E-state index is 0.0168. The van der Waals surface area contributed by atoms with Crippen molar-refractivity contribution < 1.29 is 29.1 Å². The largest absolute Gasteiger partial charge is 0.489 e. The second-order valence-corrected chi connectivity index (χ2v) is 8.88. The summed E-state index contributed by atoms with van der Waals surface area (Å²) in [4.78, 5) is 25.4. The second kappa shape index (κ2) is 11.7. The van der Waals surface area contributed by atoms with E-state index in [1.54, 1.807) is 17.6 Å². The lowest BCUT2D eigenvalue weighted by atomic mass is 10.1. The average Bonchev–Trinajstić information content (AvgIpc) is 3.59. The number of nitro groups is 1. The maximum absolute atomic E-state index is 11.5. The highest BCUT2D eigenvalue weighted by Crippen LogP contribution is 2.38. The van der Waals surface area contributed by atoms with Gasteiger partial charge in [0.2, 0.25) is 6.79 Å². The molecule has 4 N–H and O–H groups in total. The third kappa shape index (κ3) is 6.17. The minimum Gasteiger partial charge on any atom is -0.489 e. The van der Waals surface area contributed by atoms with Gasteiger partial charge >= 0.3 is 0 Å². The number of H-pyrrole nitrogens is 1. The topological polar surface area (TPSA) is 148 Å². The van der Waals surface area contributed by atoms with Crippen molar-refractivity contribution in [2.45, 2.75) is 19.6 Å². The third-order valence-electron chi connectivity index (χ3n) is 6.32. The van der Waals surface area contributed by atoms with Gasteiger partial charge in [0.1, 0.15) is 12.4 Å². The Morgan fingerprint density at radius 3 is 2.67 bits per heavy atom. The molecule has 200 valence electrons. The maximum atomic E-state index is 11.5. The number of nitrogens with zero attached hydrogens (tertiary/aromatic N) is 1. The van der Waals surface area contributed by atoms with Crippen LogP contribution in [0, 0.1) is 10.1 Å². The van der Waals surface area contributed by atoms with Crippen LogP contribution in [-0.2, 0) is 24.4 Å². The summed E-state index contributed by atoms with van der Waals surface area (Å²) < 4.78 is 16.5. The summed E-state index contributed by atoms with van der Waals surface area (Å²) in [5, 5.41) is 24.5. The number of ether oxygens (including phenoxy) is 3. The van der Waals surface area contributed by atoms with Gasteiger partial charge in [0.15, 0.2) is 11.5 Å². The molecule has 2 heterocycles. The zero-order valence-electron chi connectivity index (χ0n) is 20.8. The van der Waals surface area contributed by atoms with Crippen LogP contribution in [0.2, 0.25) is 0 Å². The van der Waals surface area contributed by atoms with Gasteiger partial charge in [0, 0.05) is 29.7 Å². The fourth-order valence-electron chi connectivity index (χ4n) is 4.29. The first kappa shape index (κ1) is 25.8. The predicted molar refractivity (Wildman–Crippen MR) is 143 cm³/mol. The van der Waals surface area contributed by atoms with Gasteiger partial charge in [0.05, 0.1) is 16.6 Å². The van der Waals surface area contributed by atoms with Gasteiger partial charge in [-0.25, -0.2) is 5.48 Å². The van der Waals surface area contributed by atoms with Crippen LogP contribution in [0.1, 0.15) is 22.3 Å². The van der Waals surface area contributed by atoms with Crippen molar-refractivity contribution in [1.29, 1.82) is 0 Å². The Hall–Kier alpha value is -4.87. The van der Waals surface area contributed by atoms with Crippen LogP contribution in [0.25, 0.3) is 17.0 Å². The van der Waals surface area contributed by atoms with Crippen LogP contribution in [0.5, 0.6) is 17.2 Å². The number of aromatic amines is 1. The van der Waals surface area contributed by atoms with E-state index in [-0.39, 0.29) is 19.1 Å². The number of rotatable bonds is 11. The highest BCUT2D eigenvalue weighted by atomic mass is 16.7. The maximum Gasteiger partial charge on any atom is 0.280 e. The van der Waals surface area contributed by atoms with Crippen molar-refractivity contribution in [3.8, 4) is 17.2 Å². The number of hydroxylamine groups is 1. The number of hydrogen-bond acceptors (Lipinski definition) is 8. The molecule has 0 unspecified atom stereocenters. The highest BCUT2D eigenvalue weighted by Gasteiger charge is 2.23. The first-order valence-electron chi connectivity index (χ1n) is 12.2. The minimum atomic E-state index is -0.578. The standard InChI is InChI=1S/C28H26N4O7/c33-28(31-34)8-5-18-1-3-19(4-2-18)14-29-10-9-20-15-30-24-7-6-22(12-23(20)24)37-16-21-11-26-27(39-17-38-26)13-25(21)32(35)36/h1-8,11-13,15,29-30,34H,9-10,14,16-17H2,(H,31,33). The van der Waals surface area contributed by atoms with E-state index < -0.39 is 10.8 Å². The van der Waals surface area contributed by atoms with Crippen LogP contribution in [-0.4, -0.2) is 34.4 Å². The molecule has 0 radical (unpaired) electrons. The molecule has 0 aliphatic carbocycles. The molecule has 0 spiro atoms. The van der Waals surface area contributed by atoms with Crippen molar-refractivity contribution in [2.24, 2.45) is 0 Å². The van der Waals surface area contributed by atoms with Crippen LogP contribution in [0.3, 0.4) is 0 Å². The SMILES string of the molecule is O=C(C=Cc1ccc(CNCCc2c[nH]c3ccc(OCc4cc5c(cc4[N+](=O)[O-])OCO5)cc23)cc1)NO. The fraction of sp³-hybridized carbons (Fsp3) is 0.179. The highest BCUT2D eigenvalue weighted by molar-refractivity contribution is 5.90. The predicted octanol–water partition coefficient (Wildman–Crippen LogP) is 4.23. The molecule has 39 heavy (non-hydrogen) atoms. The summed E-state index contributed by atoms with van der Waals surface area (Å²) >= 11 is 0. The van der Waals surface area contributed by atoms with Crippen molar-refractivity contribution in [1.82, 2.24) is 15.8 Å². The van der Waals surface area contributed by atoms with Crippen LogP contribution >= 0.6 is 0 Å². The number of fused-ring (bicyclic) bond motifs is 2. The fourth-order valence-corrected chi connectivity index (χ4v) is 4.29. The summed E-state index contributed by atoms with van der Waals surface area (Å²) in [7, 11) is 0. The summed E-state index contributed by atoms with van der Waals surface area (Å²) in [5.41, 5.74) is 5.95. The van der Waals surface area contributed by atoms with E-state index in [0.29, 0.717) is 29.4 Å². The molecule has 1 aliphatic rings. The molecular formula is C28H26N4O7. The Labute approximate surface area is 223 Å². The van der Waals surface area contributed by atoms with Crippen molar-refractivity contribution in [3.05, 3.63) is 99.2 Å². The molecule has 5 rings (SSSR count). The van der Waals surface area contributed by atoms with Crippen molar-refractivity contribution in [3.63, 3.8) is 0 Å². The van der Waals surface area contributed by atoms with E-state index in [2.05, 4.69) is 10.3 Å². The Kier molecular flexibility index (Phi) is 7.71. The average molecular weight is 531 g/mol. The molecule has 4 aromatic rings. The number of benzene rings is 3. The Morgan fingerprint density at radius 1 is 1.10 bits per heavy atom. The molecule has 0 fully saturated rings. The molecule has 1 aliphatic heterocycles. The van der Waals surface area contributed by atoms with Gasteiger partial charge in [-0.2, -0.15) is 0 Å². The zero-order valence-corrected chi connectivity index (χ0v) is 20.8.